The first-order valence-electron chi connectivity index (χ1n) is 9.23. The lowest BCUT2D eigenvalue weighted by Gasteiger charge is -2.31. The van der Waals surface area contributed by atoms with Gasteiger partial charge in [-0.1, -0.05) is 6.92 Å². The molecule has 2 amide bonds. The summed E-state index contributed by atoms with van der Waals surface area (Å²) in [7, 11) is 0. The highest BCUT2D eigenvalue weighted by Crippen LogP contribution is 2.24. The van der Waals surface area contributed by atoms with Gasteiger partial charge in [0.2, 0.25) is 5.91 Å². The van der Waals surface area contributed by atoms with Gasteiger partial charge in [0.25, 0.3) is 5.91 Å². The minimum atomic E-state index is -0.125. The van der Waals surface area contributed by atoms with Crippen molar-refractivity contribution in [1.29, 1.82) is 0 Å². The zero-order valence-electron chi connectivity index (χ0n) is 15.1. The average molecular weight is 360 g/mol. The molecule has 1 aliphatic heterocycles. The Hall–Kier alpha value is -2.37. The number of nitrogens with zero attached hydrogens (tertiary/aromatic N) is 1. The number of carbonyl (C=O) groups is 2. The highest BCUT2D eigenvalue weighted by Gasteiger charge is 2.27. The van der Waals surface area contributed by atoms with Crippen LogP contribution in [0.4, 0.5) is 4.39 Å². The molecule has 0 unspecified atom stereocenters. The van der Waals surface area contributed by atoms with E-state index in [2.05, 4.69) is 5.32 Å². The number of amides is 2. The van der Waals surface area contributed by atoms with Gasteiger partial charge in [-0.3, -0.25) is 9.59 Å². The van der Waals surface area contributed by atoms with Gasteiger partial charge in [-0.15, -0.1) is 0 Å². The maximum Gasteiger partial charge on any atom is 0.254 e. The number of hydrogen-bond acceptors (Lipinski definition) is 3. The molecule has 1 N–H and O–H groups in total. The molecule has 0 spiro atoms. The van der Waals surface area contributed by atoms with E-state index in [1.807, 2.05) is 13.0 Å². The van der Waals surface area contributed by atoms with Crippen molar-refractivity contribution in [3.8, 4) is 5.75 Å². The van der Waals surface area contributed by atoms with Gasteiger partial charge in [-0.2, -0.15) is 0 Å². The number of hydrogen-bond donors (Lipinski definition) is 1. The lowest BCUT2D eigenvalue weighted by atomic mass is 9.93. The zero-order chi connectivity index (χ0) is 18.5. The number of nitrogens with one attached hydrogen (secondary N) is 1. The summed E-state index contributed by atoms with van der Waals surface area (Å²) in [4.78, 5) is 26.3. The van der Waals surface area contributed by atoms with Crippen LogP contribution in [0.2, 0.25) is 0 Å². The maximum atomic E-state index is 12.6. The first-order chi connectivity index (χ1) is 12.6. The second-order valence-corrected chi connectivity index (χ2v) is 6.90. The van der Waals surface area contributed by atoms with Crippen LogP contribution < -0.4 is 10.1 Å². The second-order valence-electron chi connectivity index (χ2n) is 6.90. The molecule has 1 heterocycles. The van der Waals surface area contributed by atoms with Crippen molar-refractivity contribution in [2.75, 3.05) is 19.7 Å². The van der Waals surface area contributed by atoms with Crippen molar-refractivity contribution >= 4 is 11.8 Å². The van der Waals surface area contributed by atoms with Gasteiger partial charge in [0.15, 0.2) is 0 Å². The van der Waals surface area contributed by atoms with Crippen LogP contribution in [0.25, 0.3) is 0 Å². The maximum absolute atomic E-state index is 12.6. The molecule has 1 fully saturated rings. The van der Waals surface area contributed by atoms with Crippen LogP contribution >= 0.6 is 0 Å². The molecule has 0 aromatic heterocycles. The molecule has 1 aliphatic carbocycles. The Morgan fingerprint density at radius 3 is 2.88 bits per heavy atom. The van der Waals surface area contributed by atoms with Gasteiger partial charge >= 0.3 is 0 Å². The third-order valence-electron chi connectivity index (χ3n) is 5.08. The molecule has 0 bridgehead atoms. The molecular formula is C20H25FN2O3. The van der Waals surface area contributed by atoms with Gasteiger partial charge in [-0.25, -0.2) is 4.39 Å². The normalized spacial score (nSPS) is 17.5. The predicted octanol–water partition coefficient (Wildman–Crippen LogP) is 3.00. The standard InChI is InChI=1S/C20H25FN2O3/c1-2-14(11-21)13-26-17-6-7-18-15(10-17)8-9-23(20(18)25)12-19(24)22-16-4-3-5-16/h6-7,10-11,16H,2-5,8-9,12-13H2,1H3,(H,22,24)/b14-11+. The monoisotopic (exact) mass is 360 g/mol. The molecule has 0 atom stereocenters. The predicted molar refractivity (Wildman–Crippen MR) is 96.8 cm³/mol. The van der Waals surface area contributed by atoms with E-state index < -0.39 is 0 Å². The second kappa shape index (κ2) is 8.34. The van der Waals surface area contributed by atoms with Crippen molar-refractivity contribution in [3.63, 3.8) is 0 Å². The number of carbonyl (C=O) groups excluding carboxylic acids is 2. The Kier molecular flexibility index (Phi) is 5.91. The van der Waals surface area contributed by atoms with Crippen molar-refractivity contribution in [2.45, 2.75) is 45.1 Å². The average Bonchev–Trinajstić information content (AvgIpc) is 2.61. The van der Waals surface area contributed by atoms with Crippen LogP contribution in [-0.4, -0.2) is 42.5 Å². The number of rotatable bonds is 7. The van der Waals surface area contributed by atoms with Crippen molar-refractivity contribution in [3.05, 3.63) is 41.2 Å². The van der Waals surface area contributed by atoms with Crippen LogP contribution in [0, 0.1) is 0 Å². The lowest BCUT2D eigenvalue weighted by Crippen LogP contribution is -2.48. The first-order valence-corrected chi connectivity index (χ1v) is 9.23. The minimum absolute atomic E-state index is 0.0865. The smallest absolute Gasteiger partial charge is 0.254 e. The van der Waals surface area contributed by atoms with Gasteiger partial charge in [0.05, 0.1) is 12.9 Å². The fourth-order valence-electron chi connectivity index (χ4n) is 3.14. The Morgan fingerprint density at radius 2 is 2.23 bits per heavy atom. The van der Waals surface area contributed by atoms with E-state index in [1.54, 1.807) is 17.0 Å². The highest BCUT2D eigenvalue weighted by atomic mass is 19.1. The van der Waals surface area contributed by atoms with Crippen molar-refractivity contribution < 1.29 is 18.7 Å². The third-order valence-corrected chi connectivity index (χ3v) is 5.08. The highest BCUT2D eigenvalue weighted by molar-refractivity contribution is 5.98. The molecule has 1 aromatic rings. The van der Waals surface area contributed by atoms with Gasteiger partial charge < -0.3 is 15.0 Å². The Morgan fingerprint density at radius 1 is 1.42 bits per heavy atom. The quantitative estimate of drug-likeness (QED) is 0.813. The van der Waals surface area contributed by atoms with Gasteiger partial charge in [0, 0.05) is 18.2 Å². The summed E-state index contributed by atoms with van der Waals surface area (Å²) in [5.74, 6) is 0.413. The SMILES string of the molecule is CC/C(=C\F)COc1ccc2c(c1)CCN(CC(=O)NC1CCC1)C2=O. The van der Waals surface area contributed by atoms with Crippen LogP contribution in [0.5, 0.6) is 5.75 Å². The van der Waals surface area contributed by atoms with Crippen molar-refractivity contribution in [1.82, 2.24) is 10.2 Å². The fourth-order valence-corrected chi connectivity index (χ4v) is 3.14. The molecule has 26 heavy (non-hydrogen) atoms. The Labute approximate surface area is 153 Å². The fraction of sp³-hybridized carbons (Fsp3) is 0.500. The van der Waals surface area contributed by atoms with E-state index in [0.29, 0.717) is 42.6 Å². The molecular weight excluding hydrogens is 335 g/mol. The van der Waals surface area contributed by atoms with E-state index >= 15 is 0 Å². The topological polar surface area (TPSA) is 58.6 Å². The van der Waals surface area contributed by atoms with Gasteiger partial charge in [-0.05, 0) is 61.4 Å². The van der Waals surface area contributed by atoms with E-state index in [-0.39, 0.29) is 31.0 Å². The first kappa shape index (κ1) is 18.4. The Bertz CT molecular complexity index is 713. The molecule has 140 valence electrons. The molecule has 3 rings (SSSR count). The molecule has 1 aromatic carbocycles. The molecule has 5 nitrogen and oxygen atoms in total. The molecule has 0 saturated heterocycles. The third kappa shape index (κ3) is 4.23. The lowest BCUT2D eigenvalue weighted by molar-refractivity contribution is -0.123. The van der Waals surface area contributed by atoms with E-state index in [0.717, 1.165) is 24.8 Å². The summed E-state index contributed by atoms with van der Waals surface area (Å²) in [5.41, 5.74) is 2.10. The van der Waals surface area contributed by atoms with Crippen molar-refractivity contribution in [2.24, 2.45) is 0 Å². The summed E-state index contributed by atoms with van der Waals surface area (Å²) >= 11 is 0. The minimum Gasteiger partial charge on any atom is -0.489 e. The summed E-state index contributed by atoms with van der Waals surface area (Å²) in [5, 5.41) is 2.97. The van der Waals surface area contributed by atoms with E-state index in [4.69, 9.17) is 4.74 Å². The molecule has 1 saturated carbocycles. The van der Waals surface area contributed by atoms with E-state index in [9.17, 15) is 14.0 Å². The largest absolute Gasteiger partial charge is 0.489 e. The number of halogens is 1. The summed E-state index contributed by atoms with van der Waals surface area (Å²) in [6, 6.07) is 5.57. The Balaban J connectivity index is 1.60. The summed E-state index contributed by atoms with van der Waals surface area (Å²) in [6.07, 6.45) is 5.07. The van der Waals surface area contributed by atoms with Crippen LogP contribution in [-0.2, 0) is 11.2 Å². The number of ether oxygens (including phenoxy) is 1. The van der Waals surface area contributed by atoms with Gasteiger partial charge in [0.1, 0.15) is 12.4 Å². The number of benzene rings is 1. The summed E-state index contributed by atoms with van der Waals surface area (Å²) < 4.78 is 18.2. The number of fused-ring (bicyclic) bond motifs is 1. The summed E-state index contributed by atoms with van der Waals surface area (Å²) in [6.45, 7) is 2.69. The molecule has 2 aliphatic rings. The zero-order valence-corrected chi connectivity index (χ0v) is 15.1. The molecule has 0 radical (unpaired) electrons. The molecule has 6 heteroatoms. The van der Waals surface area contributed by atoms with Crippen LogP contribution in [0.3, 0.4) is 0 Å². The van der Waals surface area contributed by atoms with E-state index in [1.165, 1.54) is 0 Å². The van der Waals surface area contributed by atoms with Crippen LogP contribution in [0.1, 0.15) is 48.5 Å². The van der Waals surface area contributed by atoms with Crippen LogP contribution in [0.15, 0.2) is 30.1 Å².